The second kappa shape index (κ2) is 11.8. The molecule has 1 aliphatic carbocycles. The number of hydrogen-bond donors (Lipinski definition) is 2. The van der Waals surface area contributed by atoms with Gasteiger partial charge in [-0.1, -0.05) is 35.9 Å². The minimum Gasteiger partial charge on any atom is -0.550 e. The number of carboxylic acid groups (broad SMARTS) is 1. The predicted octanol–water partition coefficient (Wildman–Crippen LogP) is 2.24. The summed E-state index contributed by atoms with van der Waals surface area (Å²) in [4.78, 5) is 10.5. The van der Waals surface area contributed by atoms with Crippen LogP contribution in [0.1, 0.15) is 32.1 Å². The van der Waals surface area contributed by atoms with Gasteiger partial charge < -0.3 is 34.3 Å². The molecule has 176 valence electrons. The number of carboxylic acids is 1. The molecule has 1 heterocycles. The lowest BCUT2D eigenvalue weighted by molar-refractivity contribution is -0.305. The smallest absolute Gasteiger partial charge is 0.223 e. The molecule has 0 amide bonds. The summed E-state index contributed by atoms with van der Waals surface area (Å²) in [5.74, 6) is -1.95. The number of aliphatic hydroxyl groups is 2. The Morgan fingerprint density at radius 1 is 1.25 bits per heavy atom. The van der Waals surface area contributed by atoms with Gasteiger partial charge in [0.25, 0.3) is 0 Å². The highest BCUT2D eigenvalue weighted by Crippen LogP contribution is 2.37. The molecule has 0 bridgehead atoms. The van der Waals surface area contributed by atoms with E-state index in [1.54, 1.807) is 30.3 Å². The van der Waals surface area contributed by atoms with Crippen molar-refractivity contribution in [2.24, 2.45) is 11.8 Å². The van der Waals surface area contributed by atoms with Crippen LogP contribution in [0.25, 0.3) is 0 Å². The molecule has 4 atom stereocenters. The van der Waals surface area contributed by atoms with Crippen molar-refractivity contribution in [1.29, 1.82) is 0 Å². The van der Waals surface area contributed by atoms with E-state index < -0.39 is 24.0 Å². The Morgan fingerprint density at radius 2 is 2.03 bits per heavy atom. The third-order valence-electron chi connectivity index (χ3n) is 5.83. The number of rotatable bonds is 11. The minimum atomic E-state index is -1.07. The molecule has 0 unspecified atom stereocenters. The number of aliphatic carboxylic acids is 1. The average molecular weight is 466 g/mol. The number of unbranched alkanes of at least 4 members (excludes halogenated alkanes) is 1. The van der Waals surface area contributed by atoms with E-state index in [0.717, 1.165) is 0 Å². The van der Waals surface area contributed by atoms with Crippen LogP contribution in [0.15, 0.2) is 48.6 Å². The van der Waals surface area contributed by atoms with Crippen molar-refractivity contribution in [2.45, 2.75) is 50.1 Å². The molecule has 1 aromatic rings. The number of allylic oxidation sites excluding steroid dienone is 2. The van der Waals surface area contributed by atoms with Gasteiger partial charge in [-0.05, 0) is 55.9 Å². The molecule has 2 aliphatic rings. The van der Waals surface area contributed by atoms with Gasteiger partial charge in [0.2, 0.25) is 5.79 Å². The van der Waals surface area contributed by atoms with Crippen molar-refractivity contribution in [3.05, 3.63) is 53.6 Å². The molecule has 0 radical (unpaired) electrons. The van der Waals surface area contributed by atoms with Crippen molar-refractivity contribution in [2.75, 3.05) is 19.8 Å². The van der Waals surface area contributed by atoms with Crippen LogP contribution in [-0.4, -0.2) is 54.0 Å². The fourth-order valence-corrected chi connectivity index (χ4v) is 4.32. The van der Waals surface area contributed by atoms with Crippen LogP contribution in [-0.2, 0) is 14.3 Å². The summed E-state index contributed by atoms with van der Waals surface area (Å²) in [5, 5.41) is 32.0. The number of carbonyl (C=O) groups excluding carboxylic acids is 1. The summed E-state index contributed by atoms with van der Waals surface area (Å²) in [6.45, 7) is 0.979. The lowest BCUT2D eigenvalue weighted by Gasteiger charge is -2.26. The van der Waals surface area contributed by atoms with E-state index in [-0.39, 0.29) is 24.9 Å². The molecule has 1 aromatic carbocycles. The Hall–Kier alpha value is -1.90. The van der Waals surface area contributed by atoms with Gasteiger partial charge >= 0.3 is 0 Å². The molecule has 8 heteroatoms. The molecule has 2 fully saturated rings. The third-order valence-corrected chi connectivity index (χ3v) is 6.06. The number of aliphatic hydroxyl groups excluding tert-OH is 2. The van der Waals surface area contributed by atoms with Crippen LogP contribution in [0.2, 0.25) is 5.02 Å². The van der Waals surface area contributed by atoms with Gasteiger partial charge in [-0.25, -0.2) is 0 Å². The Kier molecular flexibility index (Phi) is 9.13. The number of benzene rings is 1. The summed E-state index contributed by atoms with van der Waals surface area (Å²) in [7, 11) is 0. The van der Waals surface area contributed by atoms with Crippen LogP contribution < -0.4 is 9.84 Å². The molecule has 0 spiro atoms. The van der Waals surface area contributed by atoms with Crippen molar-refractivity contribution in [3.8, 4) is 5.75 Å². The zero-order chi connectivity index (χ0) is 23.0. The molecule has 7 nitrogen and oxygen atoms in total. The Labute approximate surface area is 193 Å². The van der Waals surface area contributed by atoms with Crippen LogP contribution in [0, 0.1) is 11.8 Å². The van der Waals surface area contributed by atoms with Gasteiger partial charge in [0, 0.05) is 23.3 Å². The predicted molar refractivity (Wildman–Crippen MR) is 117 cm³/mol. The lowest BCUT2D eigenvalue weighted by atomic mass is 9.89. The van der Waals surface area contributed by atoms with Crippen LogP contribution in [0.5, 0.6) is 5.75 Å². The first-order valence-electron chi connectivity index (χ1n) is 11.0. The summed E-state index contributed by atoms with van der Waals surface area (Å²) < 4.78 is 17.5. The molecular formula is C24H30ClO7-. The molecule has 1 saturated carbocycles. The minimum absolute atomic E-state index is 0.0276. The SMILES string of the molecule is O=C([O-])CCC/C=C\C[C@@H]1[C@@H](/C=C/C2(COc3cccc(Cl)c3)OCCO2)[C@H](O)C[C@H]1O. The fourth-order valence-electron chi connectivity index (χ4n) is 4.14. The molecule has 32 heavy (non-hydrogen) atoms. The van der Waals surface area contributed by atoms with Gasteiger partial charge in [0.1, 0.15) is 12.4 Å². The lowest BCUT2D eigenvalue weighted by Crippen LogP contribution is -2.35. The highest BCUT2D eigenvalue weighted by Gasteiger charge is 2.41. The largest absolute Gasteiger partial charge is 0.550 e. The van der Waals surface area contributed by atoms with Crippen molar-refractivity contribution in [3.63, 3.8) is 0 Å². The second-order valence-electron chi connectivity index (χ2n) is 8.20. The van der Waals surface area contributed by atoms with Crippen molar-refractivity contribution >= 4 is 17.6 Å². The van der Waals surface area contributed by atoms with E-state index in [2.05, 4.69) is 0 Å². The number of hydrogen-bond acceptors (Lipinski definition) is 7. The first kappa shape index (κ1) is 24.7. The zero-order valence-corrected chi connectivity index (χ0v) is 18.7. The van der Waals surface area contributed by atoms with Gasteiger partial charge in [0.05, 0.1) is 25.4 Å². The van der Waals surface area contributed by atoms with Gasteiger partial charge in [-0.2, -0.15) is 0 Å². The standard InChI is InChI=1S/C24H31ClO7/c25-17-6-5-7-18(14-17)30-16-24(31-12-13-32-24)11-10-20-19(21(26)15-22(20)27)8-3-1-2-4-9-23(28)29/h1,3,5-7,10-11,14,19-22,26-27H,2,4,8-9,12-13,15-16H2,(H,28,29)/p-1/b3-1-,11-10+/t19-,20-,21-,22-/m1/s1. The van der Waals surface area contributed by atoms with E-state index in [1.165, 1.54) is 0 Å². The number of carbonyl (C=O) groups is 1. The van der Waals surface area contributed by atoms with Crippen molar-refractivity contribution < 1.29 is 34.3 Å². The second-order valence-corrected chi connectivity index (χ2v) is 8.63. The molecule has 3 rings (SSSR count). The molecule has 1 aliphatic heterocycles. The highest BCUT2D eigenvalue weighted by atomic mass is 35.5. The Bertz CT molecular complexity index is 803. The molecule has 2 N–H and O–H groups in total. The average Bonchev–Trinajstić information content (AvgIpc) is 3.32. The van der Waals surface area contributed by atoms with Gasteiger partial charge in [-0.15, -0.1) is 0 Å². The number of ether oxygens (including phenoxy) is 3. The quantitative estimate of drug-likeness (QED) is 0.381. The Balaban J connectivity index is 1.61. The zero-order valence-electron chi connectivity index (χ0n) is 17.9. The van der Waals surface area contributed by atoms with Gasteiger partial charge in [0.15, 0.2) is 0 Å². The van der Waals surface area contributed by atoms with E-state index >= 15 is 0 Å². The summed E-state index contributed by atoms with van der Waals surface area (Å²) in [6, 6.07) is 7.06. The summed E-state index contributed by atoms with van der Waals surface area (Å²) >= 11 is 6.01. The maximum absolute atomic E-state index is 10.5. The van der Waals surface area contributed by atoms with Crippen molar-refractivity contribution in [1.82, 2.24) is 0 Å². The summed E-state index contributed by atoms with van der Waals surface area (Å²) in [6.07, 6.45) is 8.20. The topological polar surface area (TPSA) is 108 Å². The maximum Gasteiger partial charge on any atom is 0.223 e. The normalized spacial score (nSPS) is 27.5. The molecule has 1 saturated heterocycles. The Morgan fingerprint density at radius 3 is 2.75 bits per heavy atom. The van der Waals surface area contributed by atoms with E-state index in [9.17, 15) is 20.1 Å². The van der Waals surface area contributed by atoms with Gasteiger partial charge in [-0.3, -0.25) is 0 Å². The van der Waals surface area contributed by atoms with Crippen LogP contribution >= 0.6 is 11.6 Å². The highest BCUT2D eigenvalue weighted by molar-refractivity contribution is 6.30. The third kappa shape index (κ3) is 7.05. The maximum atomic E-state index is 10.5. The number of halogens is 1. The van der Waals surface area contributed by atoms with Crippen LogP contribution in [0.4, 0.5) is 0 Å². The first-order valence-corrected chi connectivity index (χ1v) is 11.3. The first-order chi connectivity index (χ1) is 15.4. The van der Waals surface area contributed by atoms with E-state index in [0.29, 0.717) is 49.7 Å². The fraction of sp³-hybridized carbons (Fsp3) is 0.542. The van der Waals surface area contributed by atoms with E-state index in [1.807, 2.05) is 18.2 Å². The molecular weight excluding hydrogens is 436 g/mol. The summed E-state index contributed by atoms with van der Waals surface area (Å²) in [5.41, 5.74) is 0. The monoisotopic (exact) mass is 465 g/mol. The van der Waals surface area contributed by atoms with Crippen LogP contribution in [0.3, 0.4) is 0 Å². The van der Waals surface area contributed by atoms with E-state index in [4.69, 9.17) is 25.8 Å². The molecule has 0 aromatic heterocycles.